The molecule has 13 heteroatoms. The summed E-state index contributed by atoms with van der Waals surface area (Å²) < 4.78 is 0.491. The highest BCUT2D eigenvalue weighted by molar-refractivity contribution is 9.11. The molecule has 3 rings (SSSR count). The highest BCUT2D eigenvalue weighted by Gasteiger charge is 2.53. The van der Waals surface area contributed by atoms with Crippen LogP contribution in [0.2, 0.25) is 0 Å². The predicted molar refractivity (Wildman–Crippen MR) is 98.5 cm³/mol. The molecule has 4 N–H and O–H groups in total. The molecule has 0 aliphatic carbocycles. The minimum atomic E-state index is -1.18. The van der Waals surface area contributed by atoms with E-state index in [-0.39, 0.29) is 22.2 Å². The van der Waals surface area contributed by atoms with Crippen molar-refractivity contribution in [2.45, 2.75) is 11.4 Å². The van der Waals surface area contributed by atoms with Crippen LogP contribution in [0.1, 0.15) is 5.69 Å². The maximum absolute atomic E-state index is 12.6. The van der Waals surface area contributed by atoms with Gasteiger partial charge in [-0.2, -0.15) is 0 Å². The Morgan fingerprint density at radius 3 is 2.88 bits per heavy atom. The van der Waals surface area contributed by atoms with Crippen LogP contribution < -0.4 is 11.1 Å². The number of rotatable bonds is 5. The van der Waals surface area contributed by atoms with Gasteiger partial charge in [0, 0.05) is 5.75 Å². The lowest BCUT2D eigenvalue weighted by Crippen LogP contribution is -2.70. The second-order valence-corrected chi connectivity index (χ2v) is 8.57. The summed E-state index contributed by atoms with van der Waals surface area (Å²) in [6.07, 6.45) is 1.46. The number of hydrogen-bond donors (Lipinski definition) is 3. The number of aliphatic carboxylic acids is 1. The zero-order valence-corrected chi connectivity index (χ0v) is 16.4. The average molecular weight is 462 g/mol. The SMILES string of the molecule is CON=C(C(=O)N[C@@H]1C(=O)N2C(C(=O)O)=CCS[C@@H]12)c1nc(N)sc1Br. The Labute approximate surface area is 163 Å². The van der Waals surface area contributed by atoms with Crippen LogP contribution in [0.5, 0.6) is 0 Å². The highest BCUT2D eigenvalue weighted by Crippen LogP contribution is 2.37. The summed E-state index contributed by atoms with van der Waals surface area (Å²) in [6.45, 7) is 0. The standard InChI is InChI=1S/C13H12BrN5O5S2/c1-24-18-6(5-8(14)26-13(15)17-5)9(20)16-7-10(21)19-4(12(22)23)2-3-25-11(7)19/h2,7,11H,3H2,1H3,(H2,15,17)(H,16,20)(H,22,23)/t7-,11+/m1/s1. The molecule has 10 nitrogen and oxygen atoms in total. The molecule has 2 aliphatic heterocycles. The van der Waals surface area contributed by atoms with Crippen LogP contribution in [0.25, 0.3) is 0 Å². The van der Waals surface area contributed by atoms with Crippen molar-refractivity contribution in [3.8, 4) is 0 Å². The second-order valence-electron chi connectivity index (χ2n) is 5.07. The van der Waals surface area contributed by atoms with Gasteiger partial charge in [-0.3, -0.25) is 14.5 Å². The quantitative estimate of drug-likeness (QED) is 0.320. The summed E-state index contributed by atoms with van der Waals surface area (Å²) in [6, 6.07) is -0.868. The molecule has 0 spiro atoms. The van der Waals surface area contributed by atoms with Crippen molar-refractivity contribution in [3.05, 3.63) is 21.3 Å². The topological polar surface area (TPSA) is 147 Å². The number of carboxylic acid groups (broad SMARTS) is 1. The number of halogens is 1. The van der Waals surface area contributed by atoms with E-state index in [4.69, 9.17) is 15.7 Å². The Balaban J connectivity index is 1.79. The molecule has 26 heavy (non-hydrogen) atoms. The number of anilines is 1. The molecule has 1 fully saturated rings. The van der Waals surface area contributed by atoms with Crippen LogP contribution in [0.4, 0.5) is 5.13 Å². The summed E-state index contributed by atoms with van der Waals surface area (Å²) in [5.41, 5.74) is 5.60. The van der Waals surface area contributed by atoms with Crippen molar-refractivity contribution in [1.82, 2.24) is 15.2 Å². The number of carbonyl (C=O) groups excluding carboxylic acids is 2. The van der Waals surface area contributed by atoms with E-state index in [2.05, 4.69) is 31.4 Å². The molecule has 0 bridgehead atoms. The summed E-state index contributed by atoms with van der Waals surface area (Å²) in [5, 5.41) is 15.2. The number of fused-ring (bicyclic) bond motifs is 1. The minimum absolute atomic E-state index is 0.0787. The first-order valence-electron chi connectivity index (χ1n) is 7.07. The van der Waals surface area contributed by atoms with E-state index in [1.807, 2.05) is 0 Å². The molecule has 1 saturated heterocycles. The number of nitrogen functional groups attached to an aromatic ring is 1. The lowest BCUT2D eigenvalue weighted by molar-refractivity contribution is -0.150. The van der Waals surface area contributed by atoms with Crippen LogP contribution in [0, 0.1) is 0 Å². The summed E-state index contributed by atoms with van der Waals surface area (Å²) in [4.78, 5) is 46.0. The summed E-state index contributed by atoms with van der Waals surface area (Å²) in [7, 11) is 1.27. The summed E-state index contributed by atoms with van der Waals surface area (Å²) >= 11 is 5.72. The van der Waals surface area contributed by atoms with Crippen molar-refractivity contribution in [2.24, 2.45) is 5.16 Å². The third-order valence-electron chi connectivity index (χ3n) is 3.58. The number of hydrogen-bond acceptors (Lipinski definition) is 9. The van der Waals surface area contributed by atoms with Crippen LogP contribution in [-0.2, 0) is 19.2 Å². The van der Waals surface area contributed by atoms with E-state index in [1.54, 1.807) is 0 Å². The van der Waals surface area contributed by atoms with Gasteiger partial charge < -0.3 is 21.0 Å². The third-order valence-corrected chi connectivity index (χ3v) is 6.29. The minimum Gasteiger partial charge on any atom is -0.477 e. The van der Waals surface area contributed by atoms with Gasteiger partial charge in [0.2, 0.25) is 0 Å². The molecule has 0 aromatic carbocycles. The van der Waals surface area contributed by atoms with Gasteiger partial charge in [-0.05, 0) is 22.0 Å². The largest absolute Gasteiger partial charge is 0.477 e. The Bertz CT molecular complexity index is 854. The van der Waals surface area contributed by atoms with Crippen molar-refractivity contribution in [3.63, 3.8) is 0 Å². The van der Waals surface area contributed by atoms with Crippen LogP contribution >= 0.6 is 39.0 Å². The number of amides is 2. The van der Waals surface area contributed by atoms with Crippen molar-refractivity contribution in [1.29, 1.82) is 0 Å². The lowest BCUT2D eigenvalue weighted by Gasteiger charge is -2.48. The normalized spacial score (nSPS) is 22.2. The summed E-state index contributed by atoms with van der Waals surface area (Å²) in [5.74, 6) is -1.94. The number of thiazole rings is 1. The molecule has 2 aliphatic rings. The molecule has 1 aromatic heterocycles. The van der Waals surface area contributed by atoms with Gasteiger partial charge >= 0.3 is 5.97 Å². The first-order valence-corrected chi connectivity index (χ1v) is 9.73. The lowest BCUT2D eigenvalue weighted by atomic mass is 10.0. The fourth-order valence-corrected chi connectivity index (χ4v) is 5.02. The van der Waals surface area contributed by atoms with Gasteiger partial charge in [0.15, 0.2) is 10.8 Å². The van der Waals surface area contributed by atoms with E-state index in [9.17, 15) is 14.4 Å². The first-order chi connectivity index (χ1) is 12.3. The van der Waals surface area contributed by atoms with Crippen LogP contribution in [-0.4, -0.2) is 62.8 Å². The number of oxime groups is 1. The zero-order chi connectivity index (χ0) is 19.0. The van der Waals surface area contributed by atoms with Crippen molar-refractivity contribution < 1.29 is 24.3 Å². The molecule has 2 atom stereocenters. The number of nitrogens with one attached hydrogen (secondary N) is 1. The van der Waals surface area contributed by atoms with E-state index in [1.165, 1.54) is 24.9 Å². The Hall–Kier alpha value is -2.12. The van der Waals surface area contributed by atoms with Crippen molar-refractivity contribution >= 4 is 67.7 Å². The maximum Gasteiger partial charge on any atom is 0.352 e. The Morgan fingerprint density at radius 1 is 1.58 bits per heavy atom. The first kappa shape index (κ1) is 18.7. The molecule has 0 saturated carbocycles. The predicted octanol–water partition coefficient (Wildman–Crippen LogP) is 0.207. The van der Waals surface area contributed by atoms with Gasteiger partial charge in [-0.25, -0.2) is 9.78 Å². The molecule has 3 heterocycles. The molecule has 0 radical (unpaired) electrons. The molecule has 138 valence electrons. The smallest absolute Gasteiger partial charge is 0.352 e. The third kappa shape index (κ3) is 3.17. The molecule has 1 aromatic rings. The number of aromatic nitrogens is 1. The van der Waals surface area contributed by atoms with Gasteiger partial charge in [0.1, 0.15) is 33.7 Å². The number of carbonyl (C=O) groups is 3. The second kappa shape index (κ2) is 7.25. The van der Waals surface area contributed by atoms with Gasteiger partial charge in [0.05, 0.1) is 0 Å². The van der Waals surface area contributed by atoms with Crippen molar-refractivity contribution in [2.75, 3.05) is 18.6 Å². The van der Waals surface area contributed by atoms with Gasteiger partial charge in [-0.1, -0.05) is 16.5 Å². The number of nitrogens with zero attached hydrogens (tertiary/aromatic N) is 3. The number of β-lactam (4-membered cyclic amide) rings is 1. The van der Waals surface area contributed by atoms with Gasteiger partial charge in [0.25, 0.3) is 11.8 Å². The van der Waals surface area contributed by atoms with E-state index < -0.39 is 29.2 Å². The van der Waals surface area contributed by atoms with Gasteiger partial charge in [-0.15, -0.1) is 11.8 Å². The molecule has 2 amide bonds. The van der Waals surface area contributed by atoms with Crippen LogP contribution in [0.3, 0.4) is 0 Å². The fraction of sp³-hybridized carbons (Fsp3) is 0.308. The molecular formula is C13H12BrN5O5S2. The average Bonchev–Trinajstić information content (AvgIpc) is 2.94. The fourth-order valence-electron chi connectivity index (χ4n) is 2.49. The molecule has 0 unspecified atom stereocenters. The highest BCUT2D eigenvalue weighted by atomic mass is 79.9. The maximum atomic E-state index is 12.6. The van der Waals surface area contributed by atoms with E-state index in [0.29, 0.717) is 9.54 Å². The zero-order valence-electron chi connectivity index (χ0n) is 13.1. The number of thioether (sulfide) groups is 1. The molecular weight excluding hydrogens is 450 g/mol. The van der Waals surface area contributed by atoms with E-state index >= 15 is 0 Å². The number of carboxylic acids is 1. The monoisotopic (exact) mass is 461 g/mol. The van der Waals surface area contributed by atoms with E-state index in [0.717, 1.165) is 16.2 Å². The number of nitrogens with two attached hydrogens (primary N) is 1. The Morgan fingerprint density at radius 2 is 2.31 bits per heavy atom. The van der Waals surface area contributed by atoms with Crippen LogP contribution in [0.15, 0.2) is 20.7 Å². The Kier molecular flexibility index (Phi) is 5.20.